The molecule has 11 heavy (non-hydrogen) atoms. The van der Waals surface area contributed by atoms with Gasteiger partial charge in [0, 0.05) is 13.1 Å². The predicted octanol–water partition coefficient (Wildman–Crippen LogP) is 3.22. The topological polar surface area (TPSA) is 24.4 Å². The van der Waals surface area contributed by atoms with Crippen molar-refractivity contribution in [3.8, 4) is 0 Å². The highest BCUT2D eigenvalue weighted by molar-refractivity contribution is 7.24. The van der Waals surface area contributed by atoms with Crippen LogP contribution in [-0.2, 0) is 0 Å². The Morgan fingerprint density at radius 1 is 1.18 bits per heavy atom. The summed E-state index contributed by atoms with van der Waals surface area (Å²) < 4.78 is 4.29. The second-order valence-corrected chi connectivity index (χ2v) is 3.38. The molecule has 0 bridgehead atoms. The summed E-state index contributed by atoms with van der Waals surface area (Å²) >= 11 is 0. The zero-order valence-electron chi connectivity index (χ0n) is 7.64. The van der Waals surface area contributed by atoms with E-state index in [1.807, 2.05) is 0 Å². The van der Waals surface area contributed by atoms with Crippen LogP contribution >= 0.6 is 8.52 Å². The van der Waals surface area contributed by atoms with Gasteiger partial charge in [-0.05, 0) is 12.8 Å². The van der Waals surface area contributed by atoms with E-state index in [1.165, 1.54) is 25.7 Å². The van der Waals surface area contributed by atoms with E-state index in [0.29, 0.717) is 0 Å². The van der Waals surface area contributed by atoms with Gasteiger partial charge in [0.15, 0.2) is 0 Å². The molecule has 0 aromatic heterocycles. The fraction of sp³-hybridized carbons (Fsp3) is 1.00. The highest BCUT2D eigenvalue weighted by Crippen LogP contribution is 1.96. The molecule has 2 nitrogen and oxygen atoms in total. The normalized spacial score (nSPS) is 11.1. The smallest absolute Gasteiger partial charge is 0.0903 e. The van der Waals surface area contributed by atoms with Crippen LogP contribution in [0.15, 0.2) is 4.74 Å². The molecule has 0 radical (unpaired) electrons. The molecule has 0 spiro atoms. The summed E-state index contributed by atoms with van der Waals surface area (Å²) in [6, 6.07) is 0. The molecule has 1 N–H and O–H groups in total. The highest BCUT2D eigenvalue weighted by atomic mass is 31.1. The second-order valence-electron chi connectivity index (χ2n) is 2.58. The Hall–Kier alpha value is 0.0600. The van der Waals surface area contributed by atoms with Crippen molar-refractivity contribution >= 4 is 8.52 Å². The van der Waals surface area contributed by atoms with Crippen LogP contribution < -0.4 is 5.09 Å². The van der Waals surface area contributed by atoms with E-state index in [1.54, 1.807) is 0 Å². The van der Waals surface area contributed by atoms with Gasteiger partial charge in [0.1, 0.15) is 0 Å². The lowest BCUT2D eigenvalue weighted by atomic mass is 10.3. The average molecular weight is 174 g/mol. The van der Waals surface area contributed by atoms with Gasteiger partial charge in [-0.15, -0.1) is 0 Å². The quantitative estimate of drug-likeness (QED) is 0.465. The minimum atomic E-state index is 1.01. The average Bonchev–Trinajstić information content (AvgIpc) is 2.03. The van der Waals surface area contributed by atoms with E-state index >= 15 is 0 Å². The predicted molar refractivity (Wildman–Crippen MR) is 52.0 cm³/mol. The van der Waals surface area contributed by atoms with Gasteiger partial charge in [0.25, 0.3) is 0 Å². The molecule has 0 aromatic carbocycles. The molecule has 0 atom stereocenters. The van der Waals surface area contributed by atoms with Crippen LogP contribution in [0.4, 0.5) is 0 Å². The Morgan fingerprint density at radius 3 is 2.55 bits per heavy atom. The van der Waals surface area contributed by atoms with Gasteiger partial charge >= 0.3 is 0 Å². The van der Waals surface area contributed by atoms with Crippen LogP contribution in [0.2, 0.25) is 0 Å². The van der Waals surface area contributed by atoms with E-state index in [-0.39, 0.29) is 0 Å². The maximum absolute atomic E-state index is 4.29. The first kappa shape index (κ1) is 11.1. The fourth-order valence-corrected chi connectivity index (χ4v) is 1.23. The minimum Gasteiger partial charge on any atom is -0.255 e. The van der Waals surface area contributed by atoms with Crippen molar-refractivity contribution in [1.82, 2.24) is 5.09 Å². The first-order chi connectivity index (χ1) is 5.41. The van der Waals surface area contributed by atoms with Gasteiger partial charge in [-0.1, -0.05) is 26.7 Å². The van der Waals surface area contributed by atoms with Crippen molar-refractivity contribution in [3.63, 3.8) is 0 Å². The van der Waals surface area contributed by atoms with E-state index in [4.69, 9.17) is 0 Å². The number of unbranched alkanes of at least 4 members (excludes halogenated alkanes) is 2. The largest absolute Gasteiger partial charge is 0.255 e. The Labute approximate surface area is 71.7 Å². The molecule has 0 unspecified atom stereocenters. The van der Waals surface area contributed by atoms with Crippen molar-refractivity contribution in [3.05, 3.63) is 0 Å². The van der Waals surface area contributed by atoms with E-state index in [9.17, 15) is 0 Å². The fourth-order valence-electron chi connectivity index (χ4n) is 0.635. The molecule has 0 aromatic rings. The van der Waals surface area contributed by atoms with Crippen LogP contribution in [0.3, 0.4) is 0 Å². The third kappa shape index (κ3) is 10.1. The summed E-state index contributed by atoms with van der Waals surface area (Å²) in [6.45, 7) is 6.51. The first-order valence-corrected chi connectivity index (χ1v) is 5.35. The number of rotatable bonds is 7. The Kier molecular flexibility index (Phi) is 10.1. The Morgan fingerprint density at radius 2 is 1.91 bits per heavy atom. The molecular weight excluding hydrogens is 155 g/mol. The van der Waals surface area contributed by atoms with Crippen LogP contribution in [0.5, 0.6) is 0 Å². The third-order valence-electron chi connectivity index (χ3n) is 1.40. The van der Waals surface area contributed by atoms with Gasteiger partial charge < -0.3 is 0 Å². The summed E-state index contributed by atoms with van der Waals surface area (Å²) in [7, 11) is 1.07. The van der Waals surface area contributed by atoms with Gasteiger partial charge in [0.2, 0.25) is 0 Å². The lowest BCUT2D eigenvalue weighted by Crippen LogP contribution is -1.99. The molecule has 66 valence electrons. The zero-order chi connectivity index (χ0) is 8.36. The SMILES string of the molecule is CCCCN=PNCCCC. The van der Waals surface area contributed by atoms with E-state index in [2.05, 4.69) is 23.7 Å². The monoisotopic (exact) mass is 174 g/mol. The maximum atomic E-state index is 4.29. The lowest BCUT2D eigenvalue weighted by molar-refractivity contribution is 0.771. The molecular formula is C8H19N2P. The molecule has 0 heterocycles. The number of nitrogens with zero attached hydrogens (tertiary/aromatic N) is 1. The Bertz CT molecular complexity index is 94.1. The summed E-state index contributed by atoms with van der Waals surface area (Å²) in [6.07, 6.45) is 4.99. The van der Waals surface area contributed by atoms with Crippen molar-refractivity contribution in [2.75, 3.05) is 13.1 Å². The van der Waals surface area contributed by atoms with E-state index < -0.39 is 0 Å². The van der Waals surface area contributed by atoms with Crippen molar-refractivity contribution in [2.24, 2.45) is 4.74 Å². The third-order valence-corrected chi connectivity index (χ3v) is 2.10. The minimum absolute atomic E-state index is 1.01. The van der Waals surface area contributed by atoms with Crippen LogP contribution in [-0.4, -0.2) is 13.1 Å². The van der Waals surface area contributed by atoms with Gasteiger partial charge in [-0.25, -0.2) is 0 Å². The standard InChI is InChI=1S/C8H19N2P/c1-3-5-7-9-11-10-8-6-4-2/h3-8H2,1-2H3,(H,9,10). The highest BCUT2D eigenvalue weighted by Gasteiger charge is 1.81. The summed E-state index contributed by atoms with van der Waals surface area (Å²) in [5, 5.41) is 3.25. The van der Waals surface area contributed by atoms with Gasteiger partial charge in [-0.3, -0.25) is 9.83 Å². The number of hydrogen-bond donors (Lipinski definition) is 1. The molecule has 0 aliphatic heterocycles. The summed E-state index contributed by atoms with van der Waals surface area (Å²) in [5.41, 5.74) is 0. The van der Waals surface area contributed by atoms with Gasteiger partial charge in [-0.2, -0.15) is 0 Å². The molecule has 0 saturated heterocycles. The van der Waals surface area contributed by atoms with Crippen LogP contribution in [0, 0.1) is 0 Å². The molecule has 3 heteroatoms. The molecule has 0 fully saturated rings. The van der Waals surface area contributed by atoms with Crippen molar-refractivity contribution < 1.29 is 0 Å². The Balaban J connectivity index is 2.91. The zero-order valence-corrected chi connectivity index (χ0v) is 8.53. The summed E-state index contributed by atoms with van der Waals surface area (Å²) in [5.74, 6) is 0. The number of nitrogens with one attached hydrogen (secondary N) is 1. The van der Waals surface area contributed by atoms with Crippen LogP contribution in [0.25, 0.3) is 0 Å². The van der Waals surface area contributed by atoms with Gasteiger partial charge in [0.05, 0.1) is 8.52 Å². The molecule has 0 aliphatic carbocycles. The molecule has 0 amide bonds. The second kappa shape index (κ2) is 10.1. The van der Waals surface area contributed by atoms with E-state index in [0.717, 1.165) is 21.6 Å². The van der Waals surface area contributed by atoms with Crippen molar-refractivity contribution in [1.29, 1.82) is 0 Å². The maximum Gasteiger partial charge on any atom is 0.0903 e. The first-order valence-electron chi connectivity index (χ1n) is 4.51. The summed E-state index contributed by atoms with van der Waals surface area (Å²) in [4.78, 5) is 0. The number of hydrogen-bond acceptors (Lipinski definition) is 1. The molecule has 0 saturated carbocycles. The molecule has 0 aliphatic rings. The lowest BCUT2D eigenvalue weighted by Gasteiger charge is -1.93. The molecule has 0 rings (SSSR count). The van der Waals surface area contributed by atoms with Crippen LogP contribution in [0.1, 0.15) is 39.5 Å². The van der Waals surface area contributed by atoms with Crippen molar-refractivity contribution in [2.45, 2.75) is 39.5 Å².